The monoisotopic (exact) mass is 425 g/mol. The smallest absolute Gasteiger partial charge is 0.240 e. The lowest BCUT2D eigenvalue weighted by molar-refractivity contribution is -0.126. The molecule has 0 bridgehead atoms. The van der Waals surface area contributed by atoms with E-state index in [0.717, 1.165) is 63.2 Å². The average Bonchev–Trinajstić information content (AvgIpc) is 3.01. The van der Waals surface area contributed by atoms with Gasteiger partial charge in [0.15, 0.2) is 0 Å². The van der Waals surface area contributed by atoms with Gasteiger partial charge in [-0.15, -0.1) is 37.2 Å². The fraction of sp³-hybridized carbons (Fsp3) is 0.647. The number of carbonyl (C=O) groups is 1. The first-order valence-electron chi connectivity index (χ1n) is 8.52. The Morgan fingerprint density at radius 1 is 1.19 bits per heavy atom. The molecule has 1 aliphatic heterocycles. The molecule has 2 heterocycles. The fourth-order valence-electron chi connectivity index (χ4n) is 3.37. The molecule has 1 aliphatic carbocycles. The first kappa shape index (κ1) is 25.2. The van der Waals surface area contributed by atoms with Gasteiger partial charge in [-0.2, -0.15) is 0 Å². The van der Waals surface area contributed by atoms with Gasteiger partial charge in [-0.3, -0.25) is 4.79 Å². The van der Waals surface area contributed by atoms with Crippen LogP contribution in [0.5, 0.6) is 0 Å². The number of hydrogen-bond acceptors (Lipinski definition) is 5. The molecular formula is C17H30Cl3N5O. The number of likely N-dealkylation sites (N-methyl/N-ethyl adjacent to an activating group) is 1. The SMILES string of the molecule is CN1CCN(c2cc(CNC(=O)C3(N)CCCC3)ccn2)CC1.Cl.Cl.Cl. The van der Waals surface area contributed by atoms with E-state index in [9.17, 15) is 4.79 Å². The van der Waals surface area contributed by atoms with Gasteiger partial charge in [-0.1, -0.05) is 12.8 Å². The Hall–Kier alpha value is -0.790. The number of anilines is 1. The molecule has 1 saturated heterocycles. The summed E-state index contributed by atoms with van der Waals surface area (Å²) in [6, 6.07) is 4.03. The zero-order valence-corrected chi connectivity index (χ0v) is 17.6. The molecule has 0 unspecified atom stereocenters. The molecule has 3 rings (SSSR count). The summed E-state index contributed by atoms with van der Waals surface area (Å²) >= 11 is 0. The number of nitrogens with zero attached hydrogens (tertiary/aromatic N) is 3. The van der Waals surface area contributed by atoms with E-state index in [1.165, 1.54) is 0 Å². The molecule has 0 atom stereocenters. The maximum absolute atomic E-state index is 12.3. The Morgan fingerprint density at radius 3 is 2.42 bits per heavy atom. The van der Waals surface area contributed by atoms with Gasteiger partial charge in [0.1, 0.15) is 5.82 Å². The van der Waals surface area contributed by atoms with E-state index in [1.807, 2.05) is 12.3 Å². The van der Waals surface area contributed by atoms with Crippen LogP contribution < -0.4 is 16.0 Å². The van der Waals surface area contributed by atoms with Crippen molar-refractivity contribution in [2.24, 2.45) is 5.73 Å². The molecule has 2 fully saturated rings. The number of piperazine rings is 1. The van der Waals surface area contributed by atoms with E-state index < -0.39 is 5.54 Å². The Morgan fingerprint density at radius 2 is 1.81 bits per heavy atom. The van der Waals surface area contributed by atoms with Gasteiger partial charge in [0.25, 0.3) is 0 Å². The lowest BCUT2D eigenvalue weighted by Gasteiger charge is -2.33. The molecule has 0 radical (unpaired) electrons. The minimum Gasteiger partial charge on any atom is -0.354 e. The second-order valence-corrected chi connectivity index (χ2v) is 6.86. The predicted octanol–water partition coefficient (Wildman–Crippen LogP) is 1.99. The lowest BCUT2D eigenvalue weighted by Crippen LogP contribution is -2.51. The zero-order valence-electron chi connectivity index (χ0n) is 15.1. The number of carbonyl (C=O) groups excluding carboxylic acids is 1. The van der Waals surface area contributed by atoms with Crippen LogP contribution in [0.2, 0.25) is 0 Å². The predicted molar refractivity (Wildman–Crippen MR) is 113 cm³/mol. The van der Waals surface area contributed by atoms with Crippen LogP contribution >= 0.6 is 37.2 Å². The van der Waals surface area contributed by atoms with Crippen molar-refractivity contribution in [2.45, 2.75) is 37.8 Å². The number of nitrogens with two attached hydrogens (primary N) is 1. The molecule has 3 N–H and O–H groups in total. The van der Waals surface area contributed by atoms with Crippen LogP contribution in [0.1, 0.15) is 31.2 Å². The van der Waals surface area contributed by atoms with Crippen molar-refractivity contribution >= 4 is 48.9 Å². The topological polar surface area (TPSA) is 74.5 Å². The molecule has 1 aromatic heterocycles. The van der Waals surface area contributed by atoms with E-state index in [-0.39, 0.29) is 43.1 Å². The quantitative estimate of drug-likeness (QED) is 0.770. The van der Waals surface area contributed by atoms with E-state index in [2.05, 4.69) is 33.2 Å². The van der Waals surface area contributed by atoms with Crippen molar-refractivity contribution in [1.82, 2.24) is 15.2 Å². The molecular weight excluding hydrogens is 397 g/mol. The van der Waals surface area contributed by atoms with Gasteiger partial charge >= 0.3 is 0 Å². The molecule has 9 heteroatoms. The number of aromatic nitrogens is 1. The normalized spacial score (nSPS) is 18.9. The van der Waals surface area contributed by atoms with Crippen molar-refractivity contribution in [2.75, 3.05) is 38.1 Å². The standard InChI is InChI=1S/C17H27N5O.3ClH/c1-21-8-10-22(11-9-21)15-12-14(4-7-19-15)13-20-16(23)17(18)5-2-3-6-17;;;/h4,7,12H,2-3,5-6,8-11,13,18H2,1H3,(H,20,23);3*1H. The van der Waals surface area contributed by atoms with Crippen molar-refractivity contribution < 1.29 is 4.79 Å². The van der Waals surface area contributed by atoms with Gasteiger partial charge in [-0.05, 0) is 37.6 Å². The molecule has 6 nitrogen and oxygen atoms in total. The Labute approximate surface area is 174 Å². The lowest BCUT2D eigenvalue weighted by atomic mass is 9.98. The molecule has 1 amide bonds. The maximum atomic E-state index is 12.3. The minimum atomic E-state index is -0.659. The number of nitrogens with one attached hydrogen (secondary N) is 1. The highest BCUT2D eigenvalue weighted by Crippen LogP contribution is 2.27. The Bertz CT molecular complexity index is 561. The molecule has 0 spiro atoms. The first-order valence-corrected chi connectivity index (χ1v) is 8.52. The summed E-state index contributed by atoms with van der Waals surface area (Å²) in [5.74, 6) is 0.973. The molecule has 1 saturated carbocycles. The van der Waals surface area contributed by atoms with E-state index >= 15 is 0 Å². The van der Waals surface area contributed by atoms with Crippen LogP contribution in [0.4, 0.5) is 5.82 Å². The highest BCUT2D eigenvalue weighted by Gasteiger charge is 2.36. The van der Waals surface area contributed by atoms with Crippen molar-refractivity contribution in [3.63, 3.8) is 0 Å². The van der Waals surface area contributed by atoms with Crippen LogP contribution in [0.25, 0.3) is 0 Å². The van der Waals surface area contributed by atoms with Gasteiger partial charge < -0.3 is 20.9 Å². The molecule has 26 heavy (non-hydrogen) atoms. The fourth-order valence-corrected chi connectivity index (χ4v) is 3.37. The van der Waals surface area contributed by atoms with Crippen molar-refractivity contribution in [3.05, 3.63) is 23.9 Å². The summed E-state index contributed by atoms with van der Waals surface area (Å²) in [7, 11) is 2.14. The van der Waals surface area contributed by atoms with Crippen LogP contribution in [-0.4, -0.2) is 54.6 Å². The first-order chi connectivity index (χ1) is 11.1. The number of hydrogen-bond donors (Lipinski definition) is 2. The summed E-state index contributed by atoms with van der Waals surface area (Å²) in [6.07, 6.45) is 5.51. The van der Waals surface area contributed by atoms with Gasteiger partial charge in [0.05, 0.1) is 5.54 Å². The molecule has 0 aromatic carbocycles. The van der Waals surface area contributed by atoms with E-state index in [4.69, 9.17) is 5.73 Å². The third-order valence-corrected chi connectivity index (χ3v) is 5.04. The van der Waals surface area contributed by atoms with Crippen molar-refractivity contribution in [3.8, 4) is 0 Å². The second kappa shape index (κ2) is 11.1. The zero-order chi connectivity index (χ0) is 16.3. The number of pyridine rings is 1. The highest BCUT2D eigenvalue weighted by molar-refractivity contribution is 5.86. The summed E-state index contributed by atoms with van der Waals surface area (Å²) in [5, 5.41) is 3.00. The number of halogens is 3. The largest absolute Gasteiger partial charge is 0.354 e. The van der Waals surface area contributed by atoms with Crippen LogP contribution in [-0.2, 0) is 11.3 Å². The third kappa shape index (κ3) is 6.13. The van der Waals surface area contributed by atoms with Crippen LogP contribution in [0.3, 0.4) is 0 Å². The average molecular weight is 427 g/mol. The summed E-state index contributed by atoms with van der Waals surface area (Å²) in [4.78, 5) is 21.4. The summed E-state index contributed by atoms with van der Waals surface area (Å²) in [6.45, 7) is 4.61. The van der Waals surface area contributed by atoms with Gasteiger partial charge in [0.2, 0.25) is 5.91 Å². The van der Waals surface area contributed by atoms with E-state index in [1.54, 1.807) is 0 Å². The Kier molecular flexibility index (Phi) is 10.8. The summed E-state index contributed by atoms with van der Waals surface area (Å²) < 4.78 is 0. The number of amides is 1. The minimum absolute atomic E-state index is 0. The molecule has 150 valence electrons. The molecule has 1 aromatic rings. The highest BCUT2D eigenvalue weighted by atomic mass is 35.5. The Balaban J connectivity index is 0.00000208. The second-order valence-electron chi connectivity index (χ2n) is 6.86. The van der Waals surface area contributed by atoms with Gasteiger partial charge in [0, 0.05) is 38.9 Å². The van der Waals surface area contributed by atoms with Gasteiger partial charge in [-0.25, -0.2) is 4.98 Å². The number of rotatable bonds is 4. The third-order valence-electron chi connectivity index (χ3n) is 5.04. The van der Waals surface area contributed by atoms with Crippen molar-refractivity contribution in [1.29, 1.82) is 0 Å². The van der Waals surface area contributed by atoms with E-state index in [0.29, 0.717) is 6.54 Å². The molecule has 2 aliphatic rings. The maximum Gasteiger partial charge on any atom is 0.240 e. The van der Waals surface area contributed by atoms with Crippen LogP contribution in [0.15, 0.2) is 18.3 Å². The van der Waals surface area contributed by atoms with Crippen LogP contribution in [0, 0.1) is 0 Å². The summed E-state index contributed by atoms with van der Waals surface area (Å²) in [5.41, 5.74) is 6.60.